The predicted octanol–water partition coefficient (Wildman–Crippen LogP) is 4.48. The molecule has 1 aromatic rings. The first-order valence-corrected chi connectivity index (χ1v) is 7.41. The third-order valence-electron chi connectivity index (χ3n) is 2.56. The molecule has 0 unspecified atom stereocenters. The molecule has 1 aromatic heterocycles. The molecule has 0 aliphatic rings. The van der Waals surface area contributed by atoms with Gasteiger partial charge in [0.2, 0.25) is 0 Å². The minimum Gasteiger partial charge on any atom is -0.348 e. The van der Waals surface area contributed by atoms with E-state index in [2.05, 4.69) is 34.8 Å². The number of unbranched alkanes of at least 4 members (excludes halogenated alkanes) is 2. The molecule has 0 aromatic carbocycles. The summed E-state index contributed by atoms with van der Waals surface area (Å²) in [6.07, 6.45) is 5.85. The van der Waals surface area contributed by atoms with Crippen LogP contribution in [-0.4, -0.2) is 18.2 Å². The summed E-state index contributed by atoms with van der Waals surface area (Å²) in [5.41, 5.74) is 1.02. The molecule has 4 heteroatoms. The van der Waals surface area contributed by atoms with E-state index in [9.17, 15) is 0 Å². The average molecular weight is 316 g/mol. The van der Waals surface area contributed by atoms with Crippen molar-refractivity contribution in [2.45, 2.75) is 45.8 Å². The predicted molar refractivity (Wildman–Crippen MR) is 76.4 cm³/mol. The van der Waals surface area contributed by atoms with Gasteiger partial charge in [0.25, 0.3) is 0 Å². The van der Waals surface area contributed by atoms with E-state index in [1.807, 2.05) is 12.1 Å². The van der Waals surface area contributed by atoms with Crippen LogP contribution in [0.1, 0.15) is 51.4 Å². The molecular weight excluding hydrogens is 294 g/mol. The molecule has 3 nitrogen and oxygen atoms in total. The van der Waals surface area contributed by atoms with E-state index >= 15 is 0 Å². The van der Waals surface area contributed by atoms with Crippen LogP contribution in [0.3, 0.4) is 0 Å². The van der Waals surface area contributed by atoms with E-state index in [4.69, 9.17) is 9.47 Å². The summed E-state index contributed by atoms with van der Waals surface area (Å²) in [5.74, 6) is 0. The molecule has 0 saturated carbocycles. The Balaban J connectivity index is 2.57. The van der Waals surface area contributed by atoms with Gasteiger partial charge in [-0.1, -0.05) is 26.7 Å². The highest BCUT2D eigenvalue weighted by molar-refractivity contribution is 9.10. The van der Waals surface area contributed by atoms with E-state index in [1.54, 1.807) is 6.20 Å². The van der Waals surface area contributed by atoms with Gasteiger partial charge in [-0.15, -0.1) is 0 Å². The fourth-order valence-corrected chi connectivity index (χ4v) is 1.86. The zero-order chi connectivity index (χ0) is 13.2. The van der Waals surface area contributed by atoms with Crippen molar-refractivity contribution >= 4 is 15.9 Å². The Morgan fingerprint density at radius 2 is 1.78 bits per heavy atom. The van der Waals surface area contributed by atoms with Crippen LogP contribution in [0.25, 0.3) is 0 Å². The van der Waals surface area contributed by atoms with Gasteiger partial charge in [0.15, 0.2) is 6.29 Å². The molecule has 0 fully saturated rings. The maximum absolute atomic E-state index is 5.80. The molecule has 102 valence electrons. The van der Waals surface area contributed by atoms with Crippen LogP contribution >= 0.6 is 15.9 Å². The van der Waals surface area contributed by atoms with Gasteiger partial charge in [-0.2, -0.15) is 0 Å². The zero-order valence-corrected chi connectivity index (χ0v) is 12.8. The highest BCUT2D eigenvalue weighted by Gasteiger charge is 2.12. The lowest BCUT2D eigenvalue weighted by atomic mass is 10.2. The maximum atomic E-state index is 5.80. The van der Waals surface area contributed by atoms with Crippen molar-refractivity contribution in [3.8, 4) is 0 Å². The number of ether oxygens (including phenoxy) is 2. The highest BCUT2D eigenvalue weighted by atomic mass is 79.9. The Morgan fingerprint density at radius 3 is 2.28 bits per heavy atom. The van der Waals surface area contributed by atoms with Gasteiger partial charge in [-0.3, -0.25) is 0 Å². The number of rotatable bonds is 9. The lowest BCUT2D eigenvalue weighted by molar-refractivity contribution is -0.148. The van der Waals surface area contributed by atoms with Gasteiger partial charge < -0.3 is 9.47 Å². The molecule has 0 radical (unpaired) electrons. The van der Waals surface area contributed by atoms with Gasteiger partial charge in [-0.05, 0) is 40.9 Å². The standard InChI is InChI=1S/C14H22BrNO2/c1-3-5-9-17-14(18-10-6-4-2)12-7-8-16-13(15)11-12/h7-8,11,14H,3-6,9-10H2,1-2H3. The smallest absolute Gasteiger partial charge is 0.183 e. The van der Waals surface area contributed by atoms with Gasteiger partial charge >= 0.3 is 0 Å². The number of nitrogens with zero attached hydrogens (tertiary/aromatic N) is 1. The van der Waals surface area contributed by atoms with Crippen LogP contribution in [0.2, 0.25) is 0 Å². The zero-order valence-electron chi connectivity index (χ0n) is 11.2. The third-order valence-corrected chi connectivity index (χ3v) is 2.99. The normalized spacial score (nSPS) is 11.1. The Hall–Kier alpha value is -0.450. The quantitative estimate of drug-likeness (QED) is 0.382. The van der Waals surface area contributed by atoms with Crippen molar-refractivity contribution in [3.05, 3.63) is 28.5 Å². The Kier molecular flexibility index (Phi) is 8.22. The van der Waals surface area contributed by atoms with Crippen molar-refractivity contribution in [1.29, 1.82) is 0 Å². The topological polar surface area (TPSA) is 31.4 Å². The summed E-state index contributed by atoms with van der Waals surface area (Å²) in [7, 11) is 0. The lowest BCUT2D eigenvalue weighted by Crippen LogP contribution is -2.11. The summed E-state index contributed by atoms with van der Waals surface area (Å²) in [6.45, 7) is 5.76. The van der Waals surface area contributed by atoms with Gasteiger partial charge in [0, 0.05) is 11.8 Å². The molecule has 0 atom stereocenters. The van der Waals surface area contributed by atoms with Gasteiger partial charge in [-0.25, -0.2) is 4.98 Å². The molecule has 0 amide bonds. The molecule has 0 N–H and O–H groups in total. The summed E-state index contributed by atoms with van der Waals surface area (Å²) in [4.78, 5) is 4.12. The number of aromatic nitrogens is 1. The molecule has 0 aliphatic heterocycles. The molecule has 0 spiro atoms. The van der Waals surface area contributed by atoms with E-state index < -0.39 is 0 Å². The Morgan fingerprint density at radius 1 is 1.17 bits per heavy atom. The molecular formula is C14H22BrNO2. The Labute approximate surface area is 118 Å². The van der Waals surface area contributed by atoms with Crippen molar-refractivity contribution in [2.75, 3.05) is 13.2 Å². The second-order valence-corrected chi connectivity index (χ2v) is 5.00. The lowest BCUT2D eigenvalue weighted by Gasteiger charge is -2.19. The molecule has 1 heterocycles. The van der Waals surface area contributed by atoms with Crippen LogP contribution in [-0.2, 0) is 9.47 Å². The third kappa shape index (κ3) is 5.94. The molecule has 18 heavy (non-hydrogen) atoms. The minimum atomic E-state index is -0.276. The largest absolute Gasteiger partial charge is 0.348 e. The van der Waals surface area contributed by atoms with Crippen LogP contribution < -0.4 is 0 Å². The van der Waals surface area contributed by atoms with Crippen LogP contribution in [0.15, 0.2) is 22.9 Å². The highest BCUT2D eigenvalue weighted by Crippen LogP contribution is 2.21. The van der Waals surface area contributed by atoms with Crippen LogP contribution in [0.5, 0.6) is 0 Å². The van der Waals surface area contributed by atoms with Crippen LogP contribution in [0.4, 0.5) is 0 Å². The SMILES string of the molecule is CCCCOC(OCCCC)c1ccnc(Br)c1. The Bertz CT molecular complexity index is 323. The summed E-state index contributed by atoms with van der Waals surface area (Å²) >= 11 is 3.37. The first-order chi connectivity index (χ1) is 8.77. The number of hydrogen-bond donors (Lipinski definition) is 0. The number of hydrogen-bond acceptors (Lipinski definition) is 3. The maximum Gasteiger partial charge on any atom is 0.183 e. The van der Waals surface area contributed by atoms with Crippen molar-refractivity contribution in [1.82, 2.24) is 4.98 Å². The fraction of sp³-hybridized carbons (Fsp3) is 0.643. The summed E-state index contributed by atoms with van der Waals surface area (Å²) in [6, 6.07) is 3.88. The molecule has 1 rings (SSSR count). The number of pyridine rings is 1. The van der Waals surface area contributed by atoms with E-state index in [1.165, 1.54) is 0 Å². The second kappa shape index (κ2) is 9.48. The van der Waals surface area contributed by atoms with Crippen LogP contribution in [0, 0.1) is 0 Å². The van der Waals surface area contributed by atoms with E-state index in [0.717, 1.165) is 49.1 Å². The fourth-order valence-electron chi connectivity index (χ4n) is 1.47. The van der Waals surface area contributed by atoms with Gasteiger partial charge in [0.1, 0.15) is 4.60 Å². The van der Waals surface area contributed by atoms with E-state index in [-0.39, 0.29) is 6.29 Å². The molecule has 0 saturated heterocycles. The monoisotopic (exact) mass is 315 g/mol. The van der Waals surface area contributed by atoms with Crippen molar-refractivity contribution in [2.24, 2.45) is 0 Å². The number of halogens is 1. The van der Waals surface area contributed by atoms with Crippen molar-refractivity contribution in [3.63, 3.8) is 0 Å². The minimum absolute atomic E-state index is 0.276. The molecule has 0 aliphatic carbocycles. The first kappa shape index (κ1) is 15.6. The second-order valence-electron chi connectivity index (χ2n) is 4.19. The molecule has 0 bridgehead atoms. The first-order valence-electron chi connectivity index (χ1n) is 6.62. The summed E-state index contributed by atoms with van der Waals surface area (Å²) < 4.78 is 12.4. The summed E-state index contributed by atoms with van der Waals surface area (Å²) in [5, 5.41) is 0. The average Bonchev–Trinajstić information content (AvgIpc) is 2.37. The van der Waals surface area contributed by atoms with Gasteiger partial charge in [0.05, 0.1) is 13.2 Å². The van der Waals surface area contributed by atoms with Crippen molar-refractivity contribution < 1.29 is 9.47 Å². The van der Waals surface area contributed by atoms with E-state index in [0.29, 0.717) is 0 Å².